The first kappa shape index (κ1) is 24.2. The molecule has 0 aliphatic heterocycles. The molecule has 0 aliphatic rings. The summed E-state index contributed by atoms with van der Waals surface area (Å²) in [7, 11) is 0. The standard InChI is InChI=1S/C20H23N5O7/c21-16(18(23)26)9-10-17(22)19(27)24-13-3-1-12(2-4-13)11-31-20(28)32-15-7-5-14(6-8-15)25(29)30/h1-8,16-17H,9-11,21-22H2,(H2,23,26)(H,24,27). The van der Waals surface area contributed by atoms with Crippen LogP contribution in [0, 0.1) is 10.1 Å². The van der Waals surface area contributed by atoms with Gasteiger partial charge < -0.3 is 32.0 Å². The Morgan fingerprint density at radius 1 is 0.969 bits per heavy atom. The predicted octanol–water partition coefficient (Wildman–Crippen LogP) is 1.17. The zero-order chi connectivity index (χ0) is 23.7. The molecule has 0 spiro atoms. The number of carbonyl (C=O) groups excluding carboxylic acids is 3. The van der Waals surface area contributed by atoms with Crippen molar-refractivity contribution >= 4 is 29.3 Å². The van der Waals surface area contributed by atoms with E-state index in [4.69, 9.17) is 26.7 Å². The van der Waals surface area contributed by atoms with Crippen LogP contribution in [0.1, 0.15) is 18.4 Å². The number of nitro benzene ring substituents is 1. The first-order valence-electron chi connectivity index (χ1n) is 9.45. The van der Waals surface area contributed by atoms with Gasteiger partial charge in [-0.1, -0.05) is 12.1 Å². The number of nitro groups is 1. The second-order valence-corrected chi connectivity index (χ2v) is 6.77. The van der Waals surface area contributed by atoms with E-state index >= 15 is 0 Å². The Labute approximate surface area is 182 Å². The molecule has 2 atom stereocenters. The summed E-state index contributed by atoms with van der Waals surface area (Å²) in [6.45, 7) is -0.0927. The van der Waals surface area contributed by atoms with Crippen LogP contribution in [0.15, 0.2) is 48.5 Å². The van der Waals surface area contributed by atoms with Crippen molar-refractivity contribution in [3.8, 4) is 5.75 Å². The Balaban J connectivity index is 1.78. The lowest BCUT2D eigenvalue weighted by Gasteiger charge is -2.14. The van der Waals surface area contributed by atoms with E-state index in [1.54, 1.807) is 24.3 Å². The van der Waals surface area contributed by atoms with Crippen molar-refractivity contribution in [1.29, 1.82) is 0 Å². The topological polar surface area (TPSA) is 203 Å². The lowest BCUT2D eigenvalue weighted by Crippen LogP contribution is -2.40. The van der Waals surface area contributed by atoms with Gasteiger partial charge in [0.2, 0.25) is 11.8 Å². The van der Waals surface area contributed by atoms with E-state index in [2.05, 4.69) is 5.32 Å². The molecule has 0 saturated carbocycles. The molecule has 0 saturated heterocycles. The minimum Gasteiger partial charge on any atom is -0.429 e. The first-order chi connectivity index (χ1) is 15.2. The van der Waals surface area contributed by atoms with Gasteiger partial charge in [-0.3, -0.25) is 19.7 Å². The molecule has 0 radical (unpaired) electrons. The number of rotatable bonds is 10. The number of amides is 2. The summed E-state index contributed by atoms with van der Waals surface area (Å²) in [4.78, 5) is 44.8. The number of benzene rings is 2. The largest absolute Gasteiger partial charge is 0.514 e. The zero-order valence-corrected chi connectivity index (χ0v) is 16.9. The minimum atomic E-state index is -0.976. The highest BCUT2D eigenvalue weighted by molar-refractivity contribution is 5.94. The molecular weight excluding hydrogens is 422 g/mol. The van der Waals surface area contributed by atoms with E-state index in [-0.39, 0.29) is 30.9 Å². The molecule has 0 aliphatic carbocycles. The van der Waals surface area contributed by atoms with Crippen LogP contribution in [0.3, 0.4) is 0 Å². The fourth-order valence-electron chi connectivity index (χ4n) is 2.46. The minimum absolute atomic E-state index is 0.0927. The number of primary amides is 1. The summed E-state index contributed by atoms with van der Waals surface area (Å²) < 4.78 is 9.93. The maximum absolute atomic E-state index is 12.1. The molecule has 0 bridgehead atoms. The Hall–Kier alpha value is -4.03. The molecule has 2 amide bonds. The van der Waals surface area contributed by atoms with E-state index in [9.17, 15) is 24.5 Å². The van der Waals surface area contributed by atoms with Crippen LogP contribution in [0.25, 0.3) is 0 Å². The summed E-state index contributed by atoms with van der Waals surface area (Å²) >= 11 is 0. The second kappa shape index (κ2) is 11.4. The normalized spacial score (nSPS) is 12.3. The molecule has 12 heteroatoms. The van der Waals surface area contributed by atoms with Crippen LogP contribution in [-0.4, -0.2) is 35.0 Å². The van der Waals surface area contributed by atoms with E-state index in [1.807, 2.05) is 0 Å². The van der Waals surface area contributed by atoms with Crippen molar-refractivity contribution in [3.05, 3.63) is 64.2 Å². The van der Waals surface area contributed by atoms with Gasteiger partial charge in [0.15, 0.2) is 0 Å². The van der Waals surface area contributed by atoms with Crippen molar-refractivity contribution in [2.75, 3.05) is 5.32 Å². The van der Waals surface area contributed by atoms with Crippen molar-refractivity contribution in [1.82, 2.24) is 0 Å². The van der Waals surface area contributed by atoms with Gasteiger partial charge in [0, 0.05) is 17.8 Å². The van der Waals surface area contributed by atoms with E-state index < -0.39 is 35.0 Å². The lowest BCUT2D eigenvalue weighted by atomic mass is 10.1. The molecule has 2 aromatic rings. The molecular formula is C20H23N5O7. The molecule has 7 N–H and O–H groups in total. The molecule has 32 heavy (non-hydrogen) atoms. The van der Waals surface area contributed by atoms with Crippen LogP contribution in [0.4, 0.5) is 16.2 Å². The number of nitrogens with zero attached hydrogens (tertiary/aromatic N) is 1. The highest BCUT2D eigenvalue weighted by atomic mass is 16.7. The quantitative estimate of drug-likeness (QED) is 0.179. The number of hydrogen-bond donors (Lipinski definition) is 4. The third-order valence-corrected chi connectivity index (χ3v) is 4.32. The van der Waals surface area contributed by atoms with E-state index in [1.165, 1.54) is 24.3 Å². The molecule has 0 fully saturated rings. The summed E-state index contributed by atoms with van der Waals surface area (Å²) in [5.41, 5.74) is 17.3. The average Bonchev–Trinajstić information content (AvgIpc) is 2.76. The number of ether oxygens (including phenoxy) is 2. The van der Waals surface area contributed by atoms with Crippen LogP contribution in [0.5, 0.6) is 5.75 Å². The maximum atomic E-state index is 12.1. The number of carbonyl (C=O) groups is 3. The summed E-state index contributed by atoms with van der Waals surface area (Å²) in [6.07, 6.45) is -0.592. The first-order valence-corrected chi connectivity index (χ1v) is 9.45. The van der Waals surface area contributed by atoms with Crippen molar-refractivity contribution in [3.63, 3.8) is 0 Å². The number of nitrogens with one attached hydrogen (secondary N) is 1. The Bertz CT molecular complexity index is 963. The van der Waals surface area contributed by atoms with Gasteiger partial charge in [0.05, 0.1) is 17.0 Å². The summed E-state index contributed by atoms with van der Waals surface area (Å²) in [5, 5.41) is 13.2. The molecule has 2 aromatic carbocycles. The van der Waals surface area contributed by atoms with Crippen molar-refractivity contribution < 1.29 is 28.8 Å². The third kappa shape index (κ3) is 7.66. The smallest absolute Gasteiger partial charge is 0.429 e. The molecule has 0 heterocycles. The second-order valence-electron chi connectivity index (χ2n) is 6.77. The number of nitrogens with two attached hydrogens (primary N) is 3. The Morgan fingerprint density at radius 2 is 1.56 bits per heavy atom. The van der Waals surface area contributed by atoms with Crippen LogP contribution < -0.4 is 27.3 Å². The Kier molecular flexibility index (Phi) is 8.63. The Morgan fingerprint density at radius 3 is 2.12 bits per heavy atom. The third-order valence-electron chi connectivity index (χ3n) is 4.32. The SMILES string of the molecule is NC(=O)C(N)CCC(N)C(=O)Nc1ccc(COC(=O)Oc2ccc([N+](=O)[O-])cc2)cc1. The zero-order valence-electron chi connectivity index (χ0n) is 16.9. The van der Waals surface area contributed by atoms with E-state index in [0.29, 0.717) is 11.3 Å². The van der Waals surface area contributed by atoms with Gasteiger partial charge >= 0.3 is 6.16 Å². The van der Waals surface area contributed by atoms with Gasteiger partial charge in [0.1, 0.15) is 12.4 Å². The number of non-ortho nitro benzene ring substituents is 1. The van der Waals surface area contributed by atoms with Crippen molar-refractivity contribution in [2.45, 2.75) is 31.5 Å². The van der Waals surface area contributed by atoms with Crippen molar-refractivity contribution in [2.24, 2.45) is 17.2 Å². The highest BCUT2D eigenvalue weighted by Crippen LogP contribution is 2.18. The van der Waals surface area contributed by atoms with Crippen LogP contribution in [-0.2, 0) is 20.9 Å². The van der Waals surface area contributed by atoms with Gasteiger partial charge in [-0.05, 0) is 42.7 Å². The number of hydrogen-bond acceptors (Lipinski definition) is 9. The molecule has 2 rings (SSSR count). The monoisotopic (exact) mass is 445 g/mol. The highest BCUT2D eigenvalue weighted by Gasteiger charge is 2.17. The van der Waals surface area contributed by atoms with Crippen LogP contribution >= 0.6 is 0 Å². The van der Waals surface area contributed by atoms with Gasteiger partial charge in [-0.15, -0.1) is 0 Å². The average molecular weight is 445 g/mol. The molecule has 0 aromatic heterocycles. The predicted molar refractivity (Wildman–Crippen MR) is 113 cm³/mol. The van der Waals surface area contributed by atoms with Gasteiger partial charge in [-0.25, -0.2) is 4.79 Å². The van der Waals surface area contributed by atoms with E-state index in [0.717, 1.165) is 0 Å². The molecule has 170 valence electrons. The maximum Gasteiger partial charge on any atom is 0.514 e. The van der Waals surface area contributed by atoms with Crippen LogP contribution in [0.2, 0.25) is 0 Å². The van der Waals surface area contributed by atoms with Gasteiger partial charge in [-0.2, -0.15) is 0 Å². The fraction of sp³-hybridized carbons (Fsp3) is 0.250. The molecule has 2 unspecified atom stereocenters. The van der Waals surface area contributed by atoms with Gasteiger partial charge in [0.25, 0.3) is 5.69 Å². The fourth-order valence-corrected chi connectivity index (χ4v) is 2.46. The summed E-state index contributed by atoms with van der Waals surface area (Å²) in [6, 6.07) is 9.69. The summed E-state index contributed by atoms with van der Waals surface area (Å²) in [5.74, 6) is -1.00. The molecule has 12 nitrogen and oxygen atoms in total. The number of anilines is 1. The lowest BCUT2D eigenvalue weighted by molar-refractivity contribution is -0.384.